The minimum Gasteiger partial charge on any atom is -0.480 e. The molecule has 2 N–H and O–H groups in total. The summed E-state index contributed by atoms with van der Waals surface area (Å²) in [6.07, 6.45) is 2.05. The number of carboxylic acid groups (broad SMARTS) is 1. The second kappa shape index (κ2) is 7.27. The van der Waals surface area contributed by atoms with E-state index < -0.39 is 16.9 Å². The van der Waals surface area contributed by atoms with E-state index in [0.717, 1.165) is 6.20 Å². The molecule has 0 saturated heterocycles. The van der Waals surface area contributed by atoms with Crippen LogP contribution in [0.1, 0.15) is 12.8 Å². The van der Waals surface area contributed by atoms with Gasteiger partial charge >= 0.3 is 5.97 Å². The highest BCUT2D eigenvalue weighted by Gasteiger charge is 2.17. The van der Waals surface area contributed by atoms with Crippen LogP contribution in [0.15, 0.2) is 18.3 Å². The van der Waals surface area contributed by atoms with Gasteiger partial charge in [-0.25, -0.2) is 9.78 Å². The van der Waals surface area contributed by atoms with Crippen molar-refractivity contribution >= 4 is 17.5 Å². The van der Waals surface area contributed by atoms with Gasteiger partial charge < -0.3 is 15.2 Å². The Bertz CT molecular complexity index is 434. The molecule has 0 saturated carbocycles. The molecule has 1 aromatic heterocycles. The van der Waals surface area contributed by atoms with Crippen molar-refractivity contribution in [3.63, 3.8) is 0 Å². The van der Waals surface area contributed by atoms with Crippen LogP contribution in [0.4, 0.5) is 11.5 Å². The normalized spacial score (nSPS) is 11.8. The van der Waals surface area contributed by atoms with Crippen LogP contribution in [0.3, 0.4) is 0 Å². The van der Waals surface area contributed by atoms with Crippen LogP contribution in [0.5, 0.6) is 0 Å². The van der Waals surface area contributed by atoms with E-state index in [1.807, 2.05) is 0 Å². The lowest BCUT2D eigenvalue weighted by Crippen LogP contribution is -2.29. The van der Waals surface area contributed by atoms with E-state index in [0.29, 0.717) is 19.4 Å². The summed E-state index contributed by atoms with van der Waals surface area (Å²) >= 11 is 0. The fraction of sp³-hybridized carbons (Fsp3) is 0.455. The SMILES string of the molecule is COCCCC(Nc1ccc([N+](=O)[O-])cn1)C(=O)O. The zero-order chi connectivity index (χ0) is 14.3. The molecular formula is C11H15N3O5. The Balaban J connectivity index is 2.63. The Kier molecular flexibility index (Phi) is 5.68. The number of nitrogens with one attached hydrogen (secondary N) is 1. The molecule has 0 radical (unpaired) electrons. The summed E-state index contributed by atoms with van der Waals surface area (Å²) < 4.78 is 4.85. The lowest BCUT2D eigenvalue weighted by Gasteiger charge is -2.14. The smallest absolute Gasteiger partial charge is 0.326 e. The molecule has 1 rings (SSSR count). The van der Waals surface area contributed by atoms with Crippen molar-refractivity contribution in [2.24, 2.45) is 0 Å². The molecule has 19 heavy (non-hydrogen) atoms. The topological polar surface area (TPSA) is 115 Å². The highest BCUT2D eigenvalue weighted by molar-refractivity contribution is 5.76. The van der Waals surface area contributed by atoms with E-state index in [1.165, 1.54) is 12.1 Å². The van der Waals surface area contributed by atoms with E-state index in [9.17, 15) is 14.9 Å². The first-order valence-electron chi connectivity index (χ1n) is 5.63. The summed E-state index contributed by atoms with van der Waals surface area (Å²) in [6, 6.07) is 1.84. The Labute approximate surface area is 109 Å². The van der Waals surface area contributed by atoms with Crippen LogP contribution in [0.2, 0.25) is 0 Å². The van der Waals surface area contributed by atoms with Gasteiger partial charge in [0, 0.05) is 19.8 Å². The number of anilines is 1. The van der Waals surface area contributed by atoms with Gasteiger partial charge in [-0.05, 0) is 18.9 Å². The molecule has 8 nitrogen and oxygen atoms in total. The van der Waals surface area contributed by atoms with Crippen LogP contribution in [0.25, 0.3) is 0 Å². The molecule has 104 valence electrons. The summed E-state index contributed by atoms with van der Waals surface area (Å²) in [7, 11) is 1.54. The second-order valence-corrected chi connectivity index (χ2v) is 3.83. The number of aromatic nitrogens is 1. The summed E-state index contributed by atoms with van der Waals surface area (Å²) in [5.74, 6) is -0.716. The van der Waals surface area contributed by atoms with Gasteiger partial charge in [-0.15, -0.1) is 0 Å². The van der Waals surface area contributed by atoms with Crippen molar-refractivity contribution in [1.82, 2.24) is 4.98 Å². The highest BCUT2D eigenvalue weighted by atomic mass is 16.6. The van der Waals surface area contributed by atoms with E-state index in [4.69, 9.17) is 9.84 Å². The first kappa shape index (κ1) is 14.8. The van der Waals surface area contributed by atoms with Gasteiger partial charge in [0.2, 0.25) is 0 Å². The summed E-state index contributed by atoms with van der Waals surface area (Å²) in [5, 5.41) is 22.2. The van der Waals surface area contributed by atoms with Crippen LogP contribution >= 0.6 is 0 Å². The van der Waals surface area contributed by atoms with Crippen molar-refractivity contribution < 1.29 is 19.6 Å². The molecule has 0 fully saturated rings. The molecule has 0 aliphatic carbocycles. The standard InChI is InChI=1S/C11H15N3O5/c1-19-6-2-3-9(11(15)16)13-10-5-4-8(7-12-10)14(17)18/h4-5,7,9H,2-3,6H2,1H3,(H,12,13)(H,15,16). The maximum atomic E-state index is 11.0. The highest BCUT2D eigenvalue weighted by Crippen LogP contribution is 2.13. The number of carboxylic acids is 1. The van der Waals surface area contributed by atoms with Gasteiger partial charge in [0.1, 0.15) is 18.1 Å². The lowest BCUT2D eigenvalue weighted by molar-refractivity contribution is -0.385. The second-order valence-electron chi connectivity index (χ2n) is 3.83. The fourth-order valence-electron chi connectivity index (χ4n) is 1.45. The van der Waals surface area contributed by atoms with Crippen molar-refractivity contribution in [3.8, 4) is 0 Å². The molecule has 1 aromatic rings. The van der Waals surface area contributed by atoms with Crippen molar-refractivity contribution in [2.45, 2.75) is 18.9 Å². The maximum absolute atomic E-state index is 11.0. The molecule has 0 aliphatic heterocycles. The minimum absolute atomic E-state index is 0.142. The predicted molar refractivity (Wildman–Crippen MR) is 67.0 cm³/mol. The number of ether oxygens (including phenoxy) is 1. The van der Waals surface area contributed by atoms with E-state index in [2.05, 4.69) is 10.3 Å². The maximum Gasteiger partial charge on any atom is 0.326 e. The molecule has 0 spiro atoms. The number of nitrogens with zero attached hydrogens (tertiary/aromatic N) is 2. The Morgan fingerprint density at radius 1 is 1.63 bits per heavy atom. The largest absolute Gasteiger partial charge is 0.480 e. The summed E-state index contributed by atoms with van der Waals surface area (Å²) in [6.45, 7) is 0.471. The Hall–Kier alpha value is -2.22. The van der Waals surface area contributed by atoms with Gasteiger partial charge in [0.05, 0.1) is 4.92 Å². The Morgan fingerprint density at radius 3 is 2.84 bits per heavy atom. The Morgan fingerprint density at radius 2 is 2.37 bits per heavy atom. The first-order chi connectivity index (χ1) is 9.04. The molecule has 8 heteroatoms. The van der Waals surface area contributed by atoms with Crippen LogP contribution in [0, 0.1) is 10.1 Å². The number of hydrogen-bond acceptors (Lipinski definition) is 6. The minimum atomic E-state index is -1.00. The number of hydrogen-bond donors (Lipinski definition) is 2. The number of nitro groups is 1. The summed E-state index contributed by atoms with van der Waals surface area (Å²) in [5.41, 5.74) is -0.142. The lowest BCUT2D eigenvalue weighted by atomic mass is 10.1. The molecular weight excluding hydrogens is 254 g/mol. The number of pyridine rings is 1. The van der Waals surface area contributed by atoms with Crippen LogP contribution < -0.4 is 5.32 Å². The van der Waals surface area contributed by atoms with E-state index in [1.54, 1.807) is 7.11 Å². The van der Waals surface area contributed by atoms with Gasteiger partial charge in [-0.3, -0.25) is 10.1 Å². The number of rotatable bonds is 8. The van der Waals surface area contributed by atoms with Gasteiger partial charge in [-0.2, -0.15) is 0 Å². The zero-order valence-corrected chi connectivity index (χ0v) is 10.4. The predicted octanol–water partition coefficient (Wildman–Crippen LogP) is 1.28. The third-order valence-corrected chi connectivity index (χ3v) is 2.42. The van der Waals surface area contributed by atoms with Crippen molar-refractivity contribution in [1.29, 1.82) is 0 Å². The van der Waals surface area contributed by atoms with E-state index in [-0.39, 0.29) is 11.5 Å². The molecule has 0 amide bonds. The molecule has 1 heterocycles. The van der Waals surface area contributed by atoms with E-state index >= 15 is 0 Å². The third kappa shape index (κ3) is 4.88. The molecule has 1 unspecified atom stereocenters. The van der Waals surface area contributed by atoms with Gasteiger partial charge in [0.25, 0.3) is 5.69 Å². The average Bonchev–Trinajstić information content (AvgIpc) is 2.38. The van der Waals surface area contributed by atoms with Gasteiger partial charge in [0.15, 0.2) is 0 Å². The van der Waals surface area contributed by atoms with Crippen molar-refractivity contribution in [3.05, 3.63) is 28.4 Å². The van der Waals surface area contributed by atoms with Crippen molar-refractivity contribution in [2.75, 3.05) is 19.0 Å². The van der Waals surface area contributed by atoms with Gasteiger partial charge in [-0.1, -0.05) is 0 Å². The zero-order valence-electron chi connectivity index (χ0n) is 10.4. The first-order valence-corrected chi connectivity index (χ1v) is 5.63. The fourth-order valence-corrected chi connectivity index (χ4v) is 1.45. The molecule has 0 bridgehead atoms. The third-order valence-electron chi connectivity index (χ3n) is 2.42. The summed E-state index contributed by atoms with van der Waals surface area (Å²) in [4.78, 5) is 24.7. The molecule has 0 aromatic carbocycles. The van der Waals surface area contributed by atoms with Crippen LogP contribution in [-0.4, -0.2) is 40.7 Å². The number of methoxy groups -OCH3 is 1. The average molecular weight is 269 g/mol. The van der Waals surface area contributed by atoms with Crippen LogP contribution in [-0.2, 0) is 9.53 Å². The number of aliphatic carboxylic acids is 1. The molecule has 0 aliphatic rings. The number of carbonyl (C=O) groups is 1. The molecule has 1 atom stereocenters. The monoisotopic (exact) mass is 269 g/mol. The quantitative estimate of drug-likeness (QED) is 0.415.